The Kier molecular flexibility index (Phi) is 4.39. The Morgan fingerprint density at radius 3 is 2.50 bits per heavy atom. The van der Waals surface area contributed by atoms with E-state index in [2.05, 4.69) is 54.7 Å². The molecule has 2 nitrogen and oxygen atoms in total. The number of hydrogen-bond acceptors (Lipinski definition) is 2. The van der Waals surface area contributed by atoms with Gasteiger partial charge < -0.3 is 5.73 Å². The van der Waals surface area contributed by atoms with Gasteiger partial charge in [-0.05, 0) is 45.0 Å². The molecular formula is C13H21BrN2. The van der Waals surface area contributed by atoms with Crippen LogP contribution < -0.4 is 5.73 Å². The minimum atomic E-state index is 0.208. The zero-order valence-corrected chi connectivity index (χ0v) is 12.1. The Morgan fingerprint density at radius 1 is 1.38 bits per heavy atom. The number of nitrogen functional groups attached to an aromatic ring is 1. The molecule has 16 heavy (non-hydrogen) atoms. The van der Waals surface area contributed by atoms with Gasteiger partial charge in [-0.2, -0.15) is 0 Å². The van der Waals surface area contributed by atoms with Crippen LogP contribution in [0.25, 0.3) is 0 Å². The molecule has 0 unspecified atom stereocenters. The summed E-state index contributed by atoms with van der Waals surface area (Å²) in [5.74, 6) is 0. The second-order valence-corrected chi connectivity index (χ2v) is 5.78. The van der Waals surface area contributed by atoms with Crippen LogP contribution in [0.4, 0.5) is 5.69 Å². The van der Waals surface area contributed by atoms with Crippen LogP contribution >= 0.6 is 15.9 Å². The first-order valence-corrected chi connectivity index (χ1v) is 6.41. The molecule has 0 radical (unpaired) electrons. The minimum Gasteiger partial charge on any atom is -0.398 e. The van der Waals surface area contributed by atoms with Crippen molar-refractivity contribution in [2.75, 3.05) is 12.8 Å². The largest absolute Gasteiger partial charge is 0.398 e. The molecule has 3 heteroatoms. The lowest BCUT2D eigenvalue weighted by Crippen LogP contribution is -2.39. The van der Waals surface area contributed by atoms with Crippen molar-refractivity contribution in [2.45, 2.75) is 39.3 Å². The van der Waals surface area contributed by atoms with E-state index >= 15 is 0 Å². The number of benzene rings is 1. The van der Waals surface area contributed by atoms with Crippen molar-refractivity contribution in [1.29, 1.82) is 0 Å². The van der Waals surface area contributed by atoms with Crippen molar-refractivity contribution in [1.82, 2.24) is 4.90 Å². The highest BCUT2D eigenvalue weighted by Gasteiger charge is 2.21. The molecule has 0 saturated carbocycles. The third-order valence-corrected chi connectivity index (χ3v) is 3.91. The summed E-state index contributed by atoms with van der Waals surface area (Å²) in [6.07, 6.45) is 1.12. The molecule has 0 heterocycles. The summed E-state index contributed by atoms with van der Waals surface area (Å²) in [5, 5.41) is 0. The van der Waals surface area contributed by atoms with Crippen LogP contribution in [0.5, 0.6) is 0 Å². The fourth-order valence-corrected chi connectivity index (χ4v) is 1.83. The SMILES string of the molecule is CCC(C)(C)N(C)Cc1ccc(Br)cc1N. The van der Waals surface area contributed by atoms with E-state index in [1.54, 1.807) is 0 Å². The molecule has 0 aliphatic rings. The quantitative estimate of drug-likeness (QED) is 0.856. The highest BCUT2D eigenvalue weighted by Crippen LogP contribution is 2.23. The molecule has 0 spiro atoms. The summed E-state index contributed by atoms with van der Waals surface area (Å²) in [7, 11) is 2.14. The molecule has 2 N–H and O–H groups in total. The summed E-state index contributed by atoms with van der Waals surface area (Å²) in [4.78, 5) is 2.34. The Labute approximate surface area is 107 Å². The van der Waals surface area contributed by atoms with Crippen molar-refractivity contribution in [2.24, 2.45) is 0 Å². The lowest BCUT2D eigenvalue weighted by molar-refractivity contribution is 0.143. The molecule has 0 amide bonds. The van der Waals surface area contributed by atoms with E-state index in [1.165, 1.54) is 5.56 Å². The highest BCUT2D eigenvalue weighted by atomic mass is 79.9. The molecule has 0 aliphatic carbocycles. The normalized spacial score (nSPS) is 12.1. The third kappa shape index (κ3) is 3.22. The predicted octanol–water partition coefficient (Wildman–Crippen LogP) is 3.65. The van der Waals surface area contributed by atoms with Crippen LogP contribution in [0.2, 0.25) is 0 Å². The molecule has 1 aromatic rings. The maximum atomic E-state index is 6.00. The van der Waals surface area contributed by atoms with Crippen LogP contribution in [-0.2, 0) is 6.54 Å². The zero-order chi connectivity index (χ0) is 12.3. The lowest BCUT2D eigenvalue weighted by Gasteiger charge is -2.35. The first-order chi connectivity index (χ1) is 7.36. The number of rotatable bonds is 4. The van der Waals surface area contributed by atoms with E-state index in [0.717, 1.165) is 23.1 Å². The van der Waals surface area contributed by atoms with Gasteiger partial charge in [-0.1, -0.05) is 28.9 Å². The van der Waals surface area contributed by atoms with Crippen molar-refractivity contribution >= 4 is 21.6 Å². The third-order valence-electron chi connectivity index (χ3n) is 3.41. The van der Waals surface area contributed by atoms with Crippen molar-refractivity contribution in [3.8, 4) is 0 Å². The summed E-state index contributed by atoms with van der Waals surface area (Å²) >= 11 is 3.42. The van der Waals surface area contributed by atoms with Crippen molar-refractivity contribution in [3.63, 3.8) is 0 Å². The fourth-order valence-electron chi connectivity index (χ4n) is 1.45. The summed E-state index contributed by atoms with van der Waals surface area (Å²) in [6.45, 7) is 7.60. The smallest absolute Gasteiger partial charge is 0.0371 e. The standard InChI is InChI=1S/C13H21BrN2/c1-5-13(2,3)16(4)9-10-6-7-11(14)8-12(10)15/h6-8H,5,9,15H2,1-4H3. The topological polar surface area (TPSA) is 29.3 Å². The summed E-state index contributed by atoms with van der Waals surface area (Å²) in [5.41, 5.74) is 8.25. The molecule has 90 valence electrons. The van der Waals surface area contributed by atoms with E-state index in [1.807, 2.05) is 12.1 Å². The molecule has 0 bridgehead atoms. The van der Waals surface area contributed by atoms with Crippen LogP contribution in [-0.4, -0.2) is 17.5 Å². The van der Waals surface area contributed by atoms with Gasteiger partial charge in [-0.25, -0.2) is 0 Å². The maximum Gasteiger partial charge on any atom is 0.0371 e. The van der Waals surface area contributed by atoms with Gasteiger partial charge in [-0.3, -0.25) is 4.90 Å². The van der Waals surface area contributed by atoms with Gasteiger partial charge in [0.05, 0.1) is 0 Å². The van der Waals surface area contributed by atoms with Gasteiger partial charge >= 0.3 is 0 Å². The average Bonchev–Trinajstić information content (AvgIpc) is 2.22. The average molecular weight is 285 g/mol. The summed E-state index contributed by atoms with van der Waals surface area (Å²) in [6, 6.07) is 6.09. The Morgan fingerprint density at radius 2 is 2.00 bits per heavy atom. The molecule has 0 aromatic heterocycles. The molecule has 1 rings (SSSR count). The number of nitrogens with two attached hydrogens (primary N) is 1. The molecule has 0 fully saturated rings. The van der Waals surface area contributed by atoms with Gasteiger partial charge in [0.25, 0.3) is 0 Å². The molecule has 0 aliphatic heterocycles. The van der Waals surface area contributed by atoms with Crippen LogP contribution in [0.3, 0.4) is 0 Å². The monoisotopic (exact) mass is 284 g/mol. The van der Waals surface area contributed by atoms with Crippen molar-refractivity contribution < 1.29 is 0 Å². The first kappa shape index (κ1) is 13.5. The van der Waals surface area contributed by atoms with Crippen LogP contribution in [0.15, 0.2) is 22.7 Å². The Hall–Kier alpha value is -0.540. The maximum absolute atomic E-state index is 6.00. The number of anilines is 1. The van der Waals surface area contributed by atoms with E-state index in [-0.39, 0.29) is 5.54 Å². The van der Waals surface area contributed by atoms with Crippen LogP contribution in [0.1, 0.15) is 32.8 Å². The summed E-state index contributed by atoms with van der Waals surface area (Å²) < 4.78 is 1.03. The molecule has 1 aromatic carbocycles. The zero-order valence-electron chi connectivity index (χ0n) is 10.5. The number of hydrogen-bond donors (Lipinski definition) is 1. The lowest BCUT2D eigenvalue weighted by atomic mass is 9.99. The number of nitrogens with zero attached hydrogens (tertiary/aromatic N) is 1. The first-order valence-electron chi connectivity index (χ1n) is 5.62. The van der Waals surface area contributed by atoms with Gasteiger partial charge in [0.1, 0.15) is 0 Å². The van der Waals surface area contributed by atoms with Gasteiger partial charge in [0.2, 0.25) is 0 Å². The van der Waals surface area contributed by atoms with Gasteiger partial charge in [-0.15, -0.1) is 0 Å². The van der Waals surface area contributed by atoms with Crippen molar-refractivity contribution in [3.05, 3.63) is 28.2 Å². The fraction of sp³-hybridized carbons (Fsp3) is 0.538. The van der Waals surface area contributed by atoms with E-state index in [9.17, 15) is 0 Å². The van der Waals surface area contributed by atoms with E-state index in [4.69, 9.17) is 5.73 Å². The molecule has 0 atom stereocenters. The van der Waals surface area contributed by atoms with Gasteiger partial charge in [0, 0.05) is 22.2 Å². The Balaban J connectivity index is 2.81. The molecule has 0 saturated heterocycles. The molecular weight excluding hydrogens is 264 g/mol. The second-order valence-electron chi connectivity index (χ2n) is 4.87. The minimum absolute atomic E-state index is 0.208. The predicted molar refractivity (Wildman–Crippen MR) is 74.4 cm³/mol. The second kappa shape index (κ2) is 5.19. The number of halogens is 1. The van der Waals surface area contributed by atoms with Crippen LogP contribution in [0, 0.1) is 0 Å². The highest BCUT2D eigenvalue weighted by molar-refractivity contribution is 9.10. The van der Waals surface area contributed by atoms with E-state index < -0.39 is 0 Å². The van der Waals surface area contributed by atoms with Gasteiger partial charge in [0.15, 0.2) is 0 Å². The Bertz CT molecular complexity index is 361. The van der Waals surface area contributed by atoms with E-state index in [0.29, 0.717) is 0 Å².